The molecule has 5 nitrogen and oxygen atoms in total. The van der Waals surface area contributed by atoms with Crippen molar-refractivity contribution in [3.8, 4) is 11.1 Å². The summed E-state index contributed by atoms with van der Waals surface area (Å²) in [7, 11) is 0. The van der Waals surface area contributed by atoms with Gasteiger partial charge in [-0.25, -0.2) is 0 Å². The average Bonchev–Trinajstić information content (AvgIpc) is 2.95. The van der Waals surface area contributed by atoms with E-state index in [1.807, 2.05) is 21.9 Å². The Morgan fingerprint density at radius 2 is 1.74 bits per heavy atom. The zero-order chi connectivity index (χ0) is 22.2. The molecule has 5 heteroatoms. The zero-order valence-electron chi connectivity index (χ0n) is 18.7. The van der Waals surface area contributed by atoms with E-state index in [0.717, 1.165) is 29.5 Å². The van der Waals surface area contributed by atoms with Gasteiger partial charge < -0.3 is 9.80 Å². The lowest BCUT2D eigenvalue weighted by molar-refractivity contribution is -0.136. The van der Waals surface area contributed by atoms with Gasteiger partial charge in [-0.05, 0) is 48.1 Å². The van der Waals surface area contributed by atoms with E-state index in [0.29, 0.717) is 32.6 Å². The summed E-state index contributed by atoms with van der Waals surface area (Å²) in [5, 5.41) is 0. The van der Waals surface area contributed by atoms with Crippen molar-refractivity contribution in [1.82, 2.24) is 14.8 Å². The highest BCUT2D eigenvalue weighted by Crippen LogP contribution is 2.23. The Morgan fingerprint density at radius 3 is 2.35 bits per heavy atom. The second-order valence-corrected chi connectivity index (χ2v) is 8.20. The van der Waals surface area contributed by atoms with E-state index in [1.54, 1.807) is 18.5 Å². The molecule has 0 bridgehead atoms. The Kier molecular flexibility index (Phi) is 7.99. The molecule has 2 amide bonds. The lowest BCUT2D eigenvalue weighted by Gasteiger charge is -2.26. The van der Waals surface area contributed by atoms with Gasteiger partial charge in [-0.2, -0.15) is 0 Å². The van der Waals surface area contributed by atoms with Crippen molar-refractivity contribution in [3.63, 3.8) is 0 Å². The van der Waals surface area contributed by atoms with Crippen LogP contribution in [0.1, 0.15) is 32.3 Å². The number of hydrogen-bond donors (Lipinski definition) is 0. The van der Waals surface area contributed by atoms with Crippen molar-refractivity contribution < 1.29 is 9.59 Å². The molecule has 1 atom stereocenters. The Balaban J connectivity index is 1.79. The molecule has 0 N–H and O–H groups in total. The zero-order valence-corrected chi connectivity index (χ0v) is 18.7. The molecule has 1 aliphatic rings. The lowest BCUT2D eigenvalue weighted by atomic mass is 9.95. The van der Waals surface area contributed by atoms with Gasteiger partial charge in [0.1, 0.15) is 0 Å². The first-order chi connectivity index (χ1) is 15.1. The second-order valence-electron chi connectivity index (χ2n) is 8.20. The Labute approximate surface area is 185 Å². The fraction of sp³-hybridized carbons (Fsp3) is 0.423. The van der Waals surface area contributed by atoms with Gasteiger partial charge in [0.15, 0.2) is 0 Å². The van der Waals surface area contributed by atoms with Crippen molar-refractivity contribution in [1.29, 1.82) is 0 Å². The van der Waals surface area contributed by atoms with E-state index >= 15 is 0 Å². The van der Waals surface area contributed by atoms with Crippen LogP contribution in [0.3, 0.4) is 0 Å². The molecule has 1 saturated heterocycles. The number of aromatic nitrogens is 1. The van der Waals surface area contributed by atoms with Crippen LogP contribution in [0, 0.1) is 11.8 Å². The molecular weight excluding hydrogens is 386 g/mol. The molecular formula is C26H33N3O2. The van der Waals surface area contributed by atoms with Crippen LogP contribution < -0.4 is 0 Å². The van der Waals surface area contributed by atoms with Crippen LogP contribution in [0.2, 0.25) is 0 Å². The third-order valence-corrected chi connectivity index (χ3v) is 6.19. The van der Waals surface area contributed by atoms with E-state index in [2.05, 4.69) is 49.7 Å². The number of benzene rings is 1. The molecule has 31 heavy (non-hydrogen) atoms. The Hall–Kier alpha value is -2.95. The minimum absolute atomic E-state index is 0.0290. The molecule has 1 fully saturated rings. The van der Waals surface area contributed by atoms with E-state index in [-0.39, 0.29) is 23.7 Å². The first-order valence-corrected chi connectivity index (χ1v) is 11.2. The molecule has 0 radical (unpaired) electrons. The van der Waals surface area contributed by atoms with E-state index < -0.39 is 0 Å². The SMILES string of the molecule is C=CCN1CCN(C(=O)C(CC)CC)CC(Cc2ccc(-c3ccncc3)cc2)C1=O. The van der Waals surface area contributed by atoms with Gasteiger partial charge in [0.05, 0.1) is 5.92 Å². The smallest absolute Gasteiger partial charge is 0.228 e. The maximum absolute atomic E-state index is 13.2. The van der Waals surface area contributed by atoms with Gasteiger partial charge in [0, 0.05) is 44.5 Å². The quantitative estimate of drug-likeness (QED) is 0.603. The normalized spacial score (nSPS) is 17.0. The molecule has 2 heterocycles. The van der Waals surface area contributed by atoms with Gasteiger partial charge in [0.25, 0.3) is 0 Å². The summed E-state index contributed by atoms with van der Waals surface area (Å²) in [6.07, 6.45) is 7.61. The molecule has 0 aliphatic carbocycles. The van der Waals surface area contributed by atoms with Crippen LogP contribution in [-0.4, -0.2) is 52.8 Å². The molecule has 0 saturated carbocycles. The number of nitrogens with zero attached hydrogens (tertiary/aromatic N) is 3. The molecule has 1 aromatic heterocycles. The first-order valence-electron chi connectivity index (χ1n) is 11.2. The number of carbonyl (C=O) groups is 2. The van der Waals surface area contributed by atoms with Crippen LogP contribution in [0.5, 0.6) is 0 Å². The summed E-state index contributed by atoms with van der Waals surface area (Å²) in [4.78, 5) is 34.1. The predicted octanol–water partition coefficient (Wildman–Crippen LogP) is 4.20. The highest BCUT2D eigenvalue weighted by Gasteiger charge is 2.33. The summed E-state index contributed by atoms with van der Waals surface area (Å²) >= 11 is 0. The summed E-state index contributed by atoms with van der Waals surface area (Å²) in [6.45, 7) is 10.1. The van der Waals surface area contributed by atoms with Crippen LogP contribution in [0.25, 0.3) is 11.1 Å². The standard InChI is InChI=1S/C26H33N3O2/c1-4-15-28-16-17-29(25(30)21(5-2)6-3)19-24(26(28)31)18-20-7-9-22(10-8-20)23-11-13-27-14-12-23/h4,7-14,21,24H,1,5-6,15-19H2,2-3H3. The lowest BCUT2D eigenvalue weighted by Crippen LogP contribution is -2.40. The van der Waals surface area contributed by atoms with Crippen molar-refractivity contribution in [3.05, 3.63) is 67.0 Å². The average molecular weight is 420 g/mol. The first kappa shape index (κ1) is 22.7. The van der Waals surface area contributed by atoms with Crippen molar-refractivity contribution in [2.75, 3.05) is 26.2 Å². The number of amides is 2. The molecule has 1 aromatic carbocycles. The van der Waals surface area contributed by atoms with Crippen LogP contribution in [-0.2, 0) is 16.0 Å². The molecule has 1 aliphatic heterocycles. The largest absolute Gasteiger partial charge is 0.340 e. The fourth-order valence-electron chi connectivity index (χ4n) is 4.29. The minimum Gasteiger partial charge on any atom is -0.340 e. The van der Waals surface area contributed by atoms with Crippen LogP contribution in [0.15, 0.2) is 61.4 Å². The number of carbonyl (C=O) groups excluding carboxylic acids is 2. The monoisotopic (exact) mass is 419 g/mol. The number of pyridine rings is 1. The molecule has 164 valence electrons. The number of hydrogen-bond acceptors (Lipinski definition) is 3. The number of rotatable bonds is 8. The minimum atomic E-state index is -0.243. The Morgan fingerprint density at radius 1 is 1.10 bits per heavy atom. The predicted molar refractivity (Wildman–Crippen MR) is 124 cm³/mol. The van der Waals surface area contributed by atoms with Gasteiger partial charge in [0.2, 0.25) is 11.8 Å². The highest BCUT2D eigenvalue weighted by molar-refractivity contribution is 5.83. The maximum atomic E-state index is 13.2. The van der Waals surface area contributed by atoms with Crippen molar-refractivity contribution in [2.45, 2.75) is 33.1 Å². The fourth-order valence-corrected chi connectivity index (χ4v) is 4.29. The third kappa shape index (κ3) is 5.60. The molecule has 0 spiro atoms. The molecule has 3 rings (SSSR count). The van der Waals surface area contributed by atoms with Crippen molar-refractivity contribution >= 4 is 11.8 Å². The van der Waals surface area contributed by atoms with Gasteiger partial charge >= 0.3 is 0 Å². The van der Waals surface area contributed by atoms with E-state index in [9.17, 15) is 9.59 Å². The van der Waals surface area contributed by atoms with Crippen LogP contribution >= 0.6 is 0 Å². The highest BCUT2D eigenvalue weighted by atomic mass is 16.2. The Bertz CT molecular complexity index is 875. The summed E-state index contributed by atoms with van der Waals surface area (Å²) in [5.41, 5.74) is 3.34. The van der Waals surface area contributed by atoms with Gasteiger partial charge in [-0.1, -0.05) is 44.2 Å². The maximum Gasteiger partial charge on any atom is 0.228 e. The second kappa shape index (κ2) is 10.9. The molecule has 2 aromatic rings. The van der Waals surface area contributed by atoms with Crippen molar-refractivity contribution in [2.24, 2.45) is 11.8 Å². The van der Waals surface area contributed by atoms with Gasteiger partial charge in [-0.3, -0.25) is 14.6 Å². The summed E-state index contributed by atoms with van der Waals surface area (Å²) in [5.74, 6) is 0.0723. The summed E-state index contributed by atoms with van der Waals surface area (Å²) < 4.78 is 0. The van der Waals surface area contributed by atoms with Crippen LogP contribution in [0.4, 0.5) is 0 Å². The summed E-state index contributed by atoms with van der Waals surface area (Å²) in [6, 6.07) is 12.3. The third-order valence-electron chi connectivity index (χ3n) is 6.19. The molecule has 1 unspecified atom stereocenters. The van der Waals surface area contributed by atoms with Gasteiger partial charge in [-0.15, -0.1) is 6.58 Å². The van der Waals surface area contributed by atoms with E-state index in [1.165, 1.54) is 0 Å². The topological polar surface area (TPSA) is 53.5 Å². The van der Waals surface area contributed by atoms with E-state index in [4.69, 9.17) is 0 Å².